The largest absolute Gasteiger partial charge is 0.480 e. The highest BCUT2D eigenvalue weighted by molar-refractivity contribution is 5.82. The molecule has 0 aromatic rings. The SMILES string of the molecule is CCC(NC(=O)N(CC)CCC#N)C(=O)O. The van der Waals surface area contributed by atoms with Crippen LogP contribution in [0.25, 0.3) is 0 Å². The molecule has 0 saturated carbocycles. The molecule has 90 valence electrons. The lowest BCUT2D eigenvalue weighted by Gasteiger charge is -2.22. The zero-order valence-corrected chi connectivity index (χ0v) is 9.56. The molecule has 0 rings (SSSR count). The lowest BCUT2D eigenvalue weighted by atomic mass is 10.2. The Labute approximate surface area is 94.8 Å². The number of aliphatic carboxylic acids is 1. The van der Waals surface area contributed by atoms with Crippen molar-refractivity contribution >= 4 is 12.0 Å². The molecule has 1 unspecified atom stereocenters. The smallest absolute Gasteiger partial charge is 0.326 e. The third-order valence-corrected chi connectivity index (χ3v) is 2.17. The van der Waals surface area contributed by atoms with Crippen LogP contribution in [-0.4, -0.2) is 41.1 Å². The number of hydrogen-bond acceptors (Lipinski definition) is 3. The monoisotopic (exact) mass is 227 g/mol. The zero-order chi connectivity index (χ0) is 12.6. The predicted octanol–water partition coefficient (Wildman–Crippen LogP) is 0.795. The van der Waals surface area contributed by atoms with Crippen LogP contribution in [0.3, 0.4) is 0 Å². The van der Waals surface area contributed by atoms with Gasteiger partial charge in [-0.05, 0) is 13.3 Å². The number of carbonyl (C=O) groups is 2. The summed E-state index contributed by atoms with van der Waals surface area (Å²) < 4.78 is 0. The fourth-order valence-corrected chi connectivity index (χ4v) is 1.17. The number of nitrogens with zero attached hydrogens (tertiary/aromatic N) is 2. The molecule has 1 atom stereocenters. The molecule has 6 nitrogen and oxygen atoms in total. The van der Waals surface area contributed by atoms with Crippen molar-refractivity contribution in [1.82, 2.24) is 10.2 Å². The van der Waals surface area contributed by atoms with Crippen LogP contribution in [0.5, 0.6) is 0 Å². The lowest BCUT2D eigenvalue weighted by molar-refractivity contribution is -0.139. The van der Waals surface area contributed by atoms with Crippen LogP contribution >= 0.6 is 0 Å². The Balaban J connectivity index is 4.29. The van der Waals surface area contributed by atoms with E-state index in [2.05, 4.69) is 5.32 Å². The van der Waals surface area contributed by atoms with Crippen LogP contribution in [0.1, 0.15) is 26.7 Å². The quantitative estimate of drug-likeness (QED) is 0.701. The first-order valence-corrected chi connectivity index (χ1v) is 5.21. The average Bonchev–Trinajstić information content (AvgIpc) is 2.26. The molecular weight excluding hydrogens is 210 g/mol. The Kier molecular flexibility index (Phi) is 6.68. The summed E-state index contributed by atoms with van der Waals surface area (Å²) in [5.41, 5.74) is 0. The maximum Gasteiger partial charge on any atom is 0.326 e. The molecule has 0 aromatic carbocycles. The first kappa shape index (κ1) is 14.2. The Hall–Kier alpha value is -1.77. The molecule has 6 heteroatoms. The molecule has 0 aliphatic carbocycles. The molecule has 0 heterocycles. The van der Waals surface area contributed by atoms with Gasteiger partial charge in [-0.15, -0.1) is 0 Å². The van der Waals surface area contributed by atoms with Crippen molar-refractivity contribution in [3.05, 3.63) is 0 Å². The van der Waals surface area contributed by atoms with Gasteiger partial charge in [0.1, 0.15) is 6.04 Å². The van der Waals surface area contributed by atoms with Crippen molar-refractivity contribution in [2.45, 2.75) is 32.7 Å². The van der Waals surface area contributed by atoms with Gasteiger partial charge < -0.3 is 15.3 Å². The minimum atomic E-state index is -1.05. The number of carbonyl (C=O) groups excluding carboxylic acids is 1. The topological polar surface area (TPSA) is 93.4 Å². The molecule has 0 aromatic heterocycles. The van der Waals surface area contributed by atoms with Crippen molar-refractivity contribution in [2.24, 2.45) is 0 Å². The number of hydrogen-bond donors (Lipinski definition) is 2. The summed E-state index contributed by atoms with van der Waals surface area (Å²) in [6.07, 6.45) is 0.571. The maximum absolute atomic E-state index is 11.6. The number of urea groups is 1. The number of carboxylic acid groups (broad SMARTS) is 1. The molecule has 0 bridgehead atoms. The maximum atomic E-state index is 11.6. The molecule has 16 heavy (non-hydrogen) atoms. The first-order chi connectivity index (χ1) is 7.56. The second kappa shape index (κ2) is 7.51. The van der Waals surface area contributed by atoms with E-state index in [9.17, 15) is 9.59 Å². The standard InChI is InChI=1S/C10H17N3O3/c1-3-8(9(14)15)12-10(16)13(4-2)7-5-6-11/h8H,3-5,7H2,1-2H3,(H,12,16)(H,14,15). The zero-order valence-electron chi connectivity index (χ0n) is 9.56. The van der Waals surface area contributed by atoms with Gasteiger partial charge in [0.05, 0.1) is 12.5 Å². The molecule has 0 fully saturated rings. The van der Waals surface area contributed by atoms with Gasteiger partial charge in [0, 0.05) is 13.1 Å². The lowest BCUT2D eigenvalue weighted by Crippen LogP contribution is -2.47. The summed E-state index contributed by atoms with van der Waals surface area (Å²) in [6.45, 7) is 4.22. The predicted molar refractivity (Wildman–Crippen MR) is 57.7 cm³/mol. The van der Waals surface area contributed by atoms with Crippen molar-refractivity contribution < 1.29 is 14.7 Å². The van der Waals surface area contributed by atoms with Gasteiger partial charge in [-0.1, -0.05) is 6.92 Å². The van der Waals surface area contributed by atoms with E-state index in [1.165, 1.54) is 4.90 Å². The summed E-state index contributed by atoms with van der Waals surface area (Å²) in [7, 11) is 0. The molecule has 0 radical (unpaired) electrons. The minimum absolute atomic E-state index is 0.241. The number of nitriles is 1. The van der Waals surface area contributed by atoms with Gasteiger partial charge in [0.15, 0.2) is 0 Å². The van der Waals surface area contributed by atoms with Crippen LogP contribution < -0.4 is 5.32 Å². The number of rotatable bonds is 6. The van der Waals surface area contributed by atoms with E-state index in [-0.39, 0.29) is 6.42 Å². The van der Waals surface area contributed by atoms with Crippen LogP contribution in [0.15, 0.2) is 0 Å². The van der Waals surface area contributed by atoms with Gasteiger partial charge in [0.25, 0.3) is 0 Å². The Morgan fingerprint density at radius 3 is 2.50 bits per heavy atom. The average molecular weight is 227 g/mol. The highest BCUT2D eigenvalue weighted by Gasteiger charge is 2.20. The van der Waals surface area contributed by atoms with E-state index in [4.69, 9.17) is 10.4 Å². The van der Waals surface area contributed by atoms with Gasteiger partial charge in [-0.2, -0.15) is 5.26 Å². The number of carboxylic acids is 1. The van der Waals surface area contributed by atoms with Crippen LogP contribution in [0, 0.1) is 11.3 Å². The van der Waals surface area contributed by atoms with Gasteiger partial charge in [-0.3, -0.25) is 0 Å². The van der Waals surface area contributed by atoms with E-state index in [1.807, 2.05) is 6.07 Å². The van der Waals surface area contributed by atoms with E-state index in [1.54, 1.807) is 13.8 Å². The number of amides is 2. The van der Waals surface area contributed by atoms with Crippen LogP contribution in [0.2, 0.25) is 0 Å². The third kappa shape index (κ3) is 4.64. The fourth-order valence-electron chi connectivity index (χ4n) is 1.17. The van der Waals surface area contributed by atoms with E-state index < -0.39 is 18.0 Å². The summed E-state index contributed by atoms with van der Waals surface area (Å²) >= 11 is 0. The summed E-state index contributed by atoms with van der Waals surface area (Å²) in [5.74, 6) is -1.05. The van der Waals surface area contributed by atoms with Gasteiger partial charge in [0.2, 0.25) is 0 Å². The number of nitrogens with one attached hydrogen (secondary N) is 1. The first-order valence-electron chi connectivity index (χ1n) is 5.21. The van der Waals surface area contributed by atoms with E-state index in [0.29, 0.717) is 19.5 Å². The highest BCUT2D eigenvalue weighted by Crippen LogP contribution is 1.96. The van der Waals surface area contributed by atoms with E-state index in [0.717, 1.165) is 0 Å². The second-order valence-electron chi connectivity index (χ2n) is 3.24. The van der Waals surface area contributed by atoms with Crippen LogP contribution in [-0.2, 0) is 4.79 Å². The Morgan fingerprint density at radius 2 is 2.12 bits per heavy atom. The summed E-state index contributed by atoms with van der Waals surface area (Å²) in [5, 5.41) is 19.6. The third-order valence-electron chi connectivity index (χ3n) is 2.17. The molecule has 0 saturated heterocycles. The Morgan fingerprint density at radius 1 is 1.50 bits per heavy atom. The fraction of sp³-hybridized carbons (Fsp3) is 0.700. The molecule has 2 N–H and O–H groups in total. The minimum Gasteiger partial charge on any atom is -0.480 e. The normalized spacial score (nSPS) is 11.3. The van der Waals surface area contributed by atoms with E-state index >= 15 is 0 Å². The van der Waals surface area contributed by atoms with Crippen molar-refractivity contribution in [1.29, 1.82) is 5.26 Å². The Bertz CT molecular complexity index is 286. The highest BCUT2D eigenvalue weighted by atomic mass is 16.4. The second-order valence-corrected chi connectivity index (χ2v) is 3.24. The molecular formula is C10H17N3O3. The van der Waals surface area contributed by atoms with Crippen molar-refractivity contribution in [3.8, 4) is 6.07 Å². The molecule has 2 amide bonds. The van der Waals surface area contributed by atoms with Gasteiger partial charge >= 0.3 is 12.0 Å². The summed E-state index contributed by atoms with van der Waals surface area (Å²) in [6, 6.07) is 0.630. The molecule has 0 aliphatic heterocycles. The summed E-state index contributed by atoms with van der Waals surface area (Å²) in [4.78, 5) is 23.7. The van der Waals surface area contributed by atoms with Gasteiger partial charge in [-0.25, -0.2) is 9.59 Å². The molecule has 0 spiro atoms. The van der Waals surface area contributed by atoms with Crippen molar-refractivity contribution in [2.75, 3.05) is 13.1 Å². The van der Waals surface area contributed by atoms with Crippen LogP contribution in [0.4, 0.5) is 4.79 Å². The molecule has 0 aliphatic rings. The van der Waals surface area contributed by atoms with Crippen molar-refractivity contribution in [3.63, 3.8) is 0 Å².